The Morgan fingerprint density at radius 1 is 0.338 bits per heavy atom. The maximum Gasteiger partial charge on any atom is 0.0542 e. The van der Waals surface area contributed by atoms with Gasteiger partial charge in [-0.15, -0.1) is 0 Å². The molecule has 2 aromatic heterocycles. The molecule has 0 saturated heterocycles. The molecule has 2 heterocycles. The van der Waals surface area contributed by atoms with Crippen LogP contribution in [0.15, 0.2) is 237 Å². The third kappa shape index (κ3) is 5.60. The zero-order valence-corrected chi connectivity index (χ0v) is 37.9. The van der Waals surface area contributed by atoms with Gasteiger partial charge in [0.15, 0.2) is 0 Å². The first-order valence-corrected chi connectivity index (χ1v) is 23.7. The molecule has 3 heteroatoms. The second kappa shape index (κ2) is 14.7. The summed E-state index contributed by atoms with van der Waals surface area (Å²) in [5.41, 5.74) is 18.1. The standard InChI is InChI=1S/C65H45N3/c1-65(2)56-40-44(43-32-36-64-55(39-43)54-26-12-13-27-59(54)66(64)45-19-4-3-5-20-45)31-34-48(56)49-35-33-46(41-57(49)65)67(58-30-16-18-42-17-6-7-21-47(42)58)62-37-38-63(53-23-9-8-22-52(53)62)68-60-28-14-10-24-50(60)51-25-11-15-29-61(51)68/h3-41H,1-2H3. The van der Waals surface area contributed by atoms with Crippen molar-refractivity contribution >= 4 is 82.2 Å². The lowest BCUT2D eigenvalue weighted by molar-refractivity contribution is 0.660. The van der Waals surface area contributed by atoms with Crippen LogP contribution in [0.4, 0.5) is 17.1 Å². The second-order valence-electron chi connectivity index (χ2n) is 18.9. The van der Waals surface area contributed by atoms with Gasteiger partial charge >= 0.3 is 0 Å². The van der Waals surface area contributed by atoms with Crippen LogP contribution < -0.4 is 4.90 Å². The van der Waals surface area contributed by atoms with E-state index in [0.717, 1.165) is 17.1 Å². The number of benzene rings is 11. The fourth-order valence-electron chi connectivity index (χ4n) is 11.7. The number of rotatable bonds is 6. The van der Waals surface area contributed by atoms with Crippen LogP contribution in [0.3, 0.4) is 0 Å². The van der Waals surface area contributed by atoms with Crippen molar-refractivity contribution in [3.8, 4) is 33.6 Å². The topological polar surface area (TPSA) is 13.1 Å². The average molecular weight is 868 g/mol. The Morgan fingerprint density at radius 3 is 1.59 bits per heavy atom. The van der Waals surface area contributed by atoms with Crippen molar-refractivity contribution in [3.63, 3.8) is 0 Å². The molecule has 3 nitrogen and oxygen atoms in total. The molecule has 0 amide bonds. The lowest BCUT2D eigenvalue weighted by Gasteiger charge is -2.30. The summed E-state index contributed by atoms with van der Waals surface area (Å²) >= 11 is 0. The van der Waals surface area contributed by atoms with Crippen LogP contribution in [0.1, 0.15) is 25.0 Å². The maximum atomic E-state index is 2.51. The molecule has 0 atom stereocenters. The lowest BCUT2D eigenvalue weighted by Crippen LogP contribution is -2.17. The predicted octanol–water partition coefficient (Wildman–Crippen LogP) is 17.6. The van der Waals surface area contributed by atoms with E-state index >= 15 is 0 Å². The zero-order valence-electron chi connectivity index (χ0n) is 37.9. The van der Waals surface area contributed by atoms with Crippen molar-refractivity contribution in [3.05, 3.63) is 248 Å². The summed E-state index contributed by atoms with van der Waals surface area (Å²) in [6.45, 7) is 4.81. The highest BCUT2D eigenvalue weighted by molar-refractivity contribution is 6.13. The summed E-state index contributed by atoms with van der Waals surface area (Å²) in [6.07, 6.45) is 0. The van der Waals surface area contributed by atoms with E-state index < -0.39 is 0 Å². The quantitative estimate of drug-likeness (QED) is 0.162. The molecule has 1 aliphatic carbocycles. The molecule has 68 heavy (non-hydrogen) atoms. The van der Waals surface area contributed by atoms with Gasteiger partial charge in [-0.25, -0.2) is 0 Å². The van der Waals surface area contributed by atoms with Gasteiger partial charge in [-0.2, -0.15) is 0 Å². The van der Waals surface area contributed by atoms with Crippen LogP contribution in [0.25, 0.3) is 98.8 Å². The molecule has 1 aliphatic rings. The van der Waals surface area contributed by atoms with E-state index in [1.165, 1.54) is 110 Å². The monoisotopic (exact) mass is 867 g/mol. The Labute approximate surface area is 395 Å². The van der Waals surface area contributed by atoms with Gasteiger partial charge in [0.2, 0.25) is 0 Å². The normalized spacial score (nSPS) is 13.0. The Morgan fingerprint density at radius 2 is 0.853 bits per heavy atom. The van der Waals surface area contributed by atoms with Gasteiger partial charge in [0.25, 0.3) is 0 Å². The SMILES string of the molecule is CC1(C)c2cc(-c3ccc4c(c3)c3ccccc3n4-c3ccccc3)ccc2-c2ccc(N(c3cccc4ccccc34)c3ccc(-n4c5ccccc5c5ccccc54)c4ccccc34)cc21. The van der Waals surface area contributed by atoms with E-state index in [1.807, 2.05) is 0 Å². The molecular formula is C65H45N3. The highest BCUT2D eigenvalue weighted by atomic mass is 15.1. The van der Waals surface area contributed by atoms with Crippen LogP contribution in [-0.2, 0) is 5.41 Å². The van der Waals surface area contributed by atoms with E-state index in [0.29, 0.717) is 0 Å². The summed E-state index contributed by atoms with van der Waals surface area (Å²) in [5.74, 6) is 0. The van der Waals surface area contributed by atoms with Gasteiger partial charge in [-0.1, -0.05) is 172 Å². The van der Waals surface area contributed by atoms with Crippen LogP contribution in [0.2, 0.25) is 0 Å². The van der Waals surface area contributed by atoms with Crippen molar-refractivity contribution in [1.82, 2.24) is 9.13 Å². The number of aromatic nitrogens is 2. The van der Waals surface area contributed by atoms with E-state index in [1.54, 1.807) is 0 Å². The first-order chi connectivity index (χ1) is 33.5. The second-order valence-corrected chi connectivity index (χ2v) is 18.9. The highest BCUT2D eigenvalue weighted by Gasteiger charge is 2.37. The molecular weight excluding hydrogens is 823 g/mol. The minimum absolute atomic E-state index is 0.253. The van der Waals surface area contributed by atoms with Crippen molar-refractivity contribution in [2.24, 2.45) is 0 Å². The zero-order chi connectivity index (χ0) is 45.1. The maximum absolute atomic E-state index is 2.51. The van der Waals surface area contributed by atoms with E-state index in [2.05, 4.69) is 264 Å². The lowest BCUT2D eigenvalue weighted by atomic mass is 9.81. The van der Waals surface area contributed by atoms with Crippen LogP contribution in [0.5, 0.6) is 0 Å². The molecule has 14 rings (SSSR count). The van der Waals surface area contributed by atoms with Crippen LogP contribution in [-0.4, -0.2) is 9.13 Å². The van der Waals surface area contributed by atoms with Crippen molar-refractivity contribution in [2.45, 2.75) is 19.3 Å². The summed E-state index contributed by atoms with van der Waals surface area (Å²) in [5, 5.41) is 9.86. The number of fused-ring (bicyclic) bond motifs is 11. The molecule has 0 bridgehead atoms. The number of hydrogen-bond acceptors (Lipinski definition) is 1. The minimum atomic E-state index is -0.253. The predicted molar refractivity (Wildman–Crippen MR) is 288 cm³/mol. The molecule has 13 aromatic rings. The summed E-state index contributed by atoms with van der Waals surface area (Å²) in [6, 6.07) is 87.5. The first-order valence-electron chi connectivity index (χ1n) is 23.7. The first kappa shape index (κ1) is 38.6. The third-order valence-electron chi connectivity index (χ3n) is 14.9. The number of para-hydroxylation sites is 4. The highest BCUT2D eigenvalue weighted by Crippen LogP contribution is 2.53. The fourth-order valence-corrected chi connectivity index (χ4v) is 11.7. The molecule has 0 saturated carbocycles. The van der Waals surface area contributed by atoms with Gasteiger partial charge in [0.1, 0.15) is 0 Å². The van der Waals surface area contributed by atoms with Crippen molar-refractivity contribution in [2.75, 3.05) is 4.90 Å². The van der Waals surface area contributed by atoms with Crippen LogP contribution >= 0.6 is 0 Å². The third-order valence-corrected chi connectivity index (χ3v) is 14.9. The molecule has 320 valence electrons. The van der Waals surface area contributed by atoms with Gasteiger partial charge in [-0.3, -0.25) is 0 Å². The number of nitrogens with zero attached hydrogens (tertiary/aromatic N) is 3. The molecule has 0 spiro atoms. The molecule has 0 N–H and O–H groups in total. The number of hydrogen-bond donors (Lipinski definition) is 0. The Balaban J connectivity index is 0.920. The summed E-state index contributed by atoms with van der Waals surface area (Å²) in [4.78, 5) is 2.51. The minimum Gasteiger partial charge on any atom is -0.309 e. The Hall–Kier alpha value is -8.66. The molecule has 0 unspecified atom stereocenters. The van der Waals surface area contributed by atoms with Crippen molar-refractivity contribution < 1.29 is 0 Å². The molecule has 0 aliphatic heterocycles. The fraction of sp³-hybridized carbons (Fsp3) is 0.0462. The number of anilines is 3. The van der Waals surface area contributed by atoms with E-state index in [4.69, 9.17) is 0 Å². The summed E-state index contributed by atoms with van der Waals surface area (Å²) < 4.78 is 4.84. The van der Waals surface area contributed by atoms with E-state index in [-0.39, 0.29) is 5.41 Å². The van der Waals surface area contributed by atoms with Gasteiger partial charge in [0, 0.05) is 54.5 Å². The molecule has 0 fully saturated rings. The van der Waals surface area contributed by atoms with E-state index in [9.17, 15) is 0 Å². The van der Waals surface area contributed by atoms with Crippen molar-refractivity contribution in [1.29, 1.82) is 0 Å². The smallest absolute Gasteiger partial charge is 0.0542 e. The van der Waals surface area contributed by atoms with Gasteiger partial charge < -0.3 is 14.0 Å². The summed E-state index contributed by atoms with van der Waals surface area (Å²) in [7, 11) is 0. The average Bonchev–Trinajstić information content (AvgIpc) is 3.99. The Bertz CT molecular complexity index is 4130. The van der Waals surface area contributed by atoms with Gasteiger partial charge in [-0.05, 0) is 118 Å². The largest absolute Gasteiger partial charge is 0.309 e. The van der Waals surface area contributed by atoms with Gasteiger partial charge in [0.05, 0.1) is 39.1 Å². The molecule has 11 aromatic carbocycles. The molecule has 0 radical (unpaired) electrons. The van der Waals surface area contributed by atoms with Crippen LogP contribution in [0, 0.1) is 0 Å². The Kier molecular flexibility index (Phi) is 8.33.